The van der Waals surface area contributed by atoms with Crippen LogP contribution in [0.2, 0.25) is 0 Å². The zero-order chi connectivity index (χ0) is 15.1. The molecular weight excluding hydrogens is 286 g/mol. The smallest absolute Gasteiger partial charge is 0.251 e. The minimum absolute atomic E-state index is 0.0970. The van der Waals surface area contributed by atoms with Gasteiger partial charge in [0, 0.05) is 24.0 Å². The highest BCUT2D eigenvalue weighted by atomic mass is 32.1. The predicted octanol–water partition coefficient (Wildman–Crippen LogP) is 1.98. The van der Waals surface area contributed by atoms with Gasteiger partial charge in [-0.05, 0) is 32.2 Å². The summed E-state index contributed by atoms with van der Waals surface area (Å²) in [7, 11) is 1.85. The number of carbonyl (C=O) groups is 1. The maximum absolute atomic E-state index is 11.9. The predicted molar refractivity (Wildman–Crippen MR) is 83.9 cm³/mol. The standard InChI is InChI=1S/C15H19N3O2S/c1-11-18-13(10-21-11)9-20-14-5-3-4-12(8-14)15(19)17-7-6-16-2/h3-5,8,10,16H,6-7,9H2,1-2H3,(H,17,19). The first kappa shape index (κ1) is 15.5. The number of carbonyl (C=O) groups excluding carboxylic acids is 1. The molecule has 0 saturated heterocycles. The van der Waals surface area contributed by atoms with E-state index in [0.29, 0.717) is 24.5 Å². The third-order valence-electron chi connectivity index (χ3n) is 2.81. The summed E-state index contributed by atoms with van der Waals surface area (Å²) in [5.74, 6) is 0.571. The molecule has 0 unspecified atom stereocenters. The van der Waals surface area contributed by atoms with E-state index in [1.807, 2.05) is 31.5 Å². The molecule has 0 spiro atoms. The average molecular weight is 305 g/mol. The van der Waals surface area contributed by atoms with Crippen LogP contribution in [0.4, 0.5) is 0 Å². The van der Waals surface area contributed by atoms with Crippen LogP contribution in [0, 0.1) is 6.92 Å². The number of aryl methyl sites for hydroxylation is 1. The minimum Gasteiger partial charge on any atom is -0.487 e. The molecule has 0 aliphatic carbocycles. The number of benzene rings is 1. The number of hydrogen-bond acceptors (Lipinski definition) is 5. The average Bonchev–Trinajstić information content (AvgIpc) is 2.91. The summed E-state index contributed by atoms with van der Waals surface area (Å²) in [4.78, 5) is 16.3. The van der Waals surface area contributed by atoms with Crippen LogP contribution in [0.5, 0.6) is 5.75 Å². The van der Waals surface area contributed by atoms with Crippen molar-refractivity contribution in [3.05, 3.63) is 45.9 Å². The van der Waals surface area contributed by atoms with Gasteiger partial charge in [-0.1, -0.05) is 6.07 Å². The Morgan fingerprint density at radius 2 is 2.24 bits per heavy atom. The molecule has 5 nitrogen and oxygen atoms in total. The van der Waals surface area contributed by atoms with E-state index in [4.69, 9.17) is 4.74 Å². The van der Waals surface area contributed by atoms with Crippen molar-refractivity contribution >= 4 is 17.2 Å². The van der Waals surface area contributed by atoms with Crippen LogP contribution < -0.4 is 15.4 Å². The van der Waals surface area contributed by atoms with Crippen molar-refractivity contribution in [2.24, 2.45) is 0 Å². The normalized spacial score (nSPS) is 10.4. The molecule has 1 amide bonds. The number of ether oxygens (including phenoxy) is 1. The number of aromatic nitrogens is 1. The summed E-state index contributed by atoms with van der Waals surface area (Å²) >= 11 is 1.60. The van der Waals surface area contributed by atoms with Gasteiger partial charge in [0.05, 0.1) is 10.7 Å². The molecule has 2 N–H and O–H groups in total. The highest BCUT2D eigenvalue weighted by Gasteiger charge is 2.06. The van der Waals surface area contributed by atoms with Gasteiger partial charge in [0.1, 0.15) is 12.4 Å². The molecule has 0 saturated carbocycles. The number of rotatable bonds is 7. The molecule has 0 aliphatic heterocycles. The Morgan fingerprint density at radius 3 is 2.95 bits per heavy atom. The molecule has 0 radical (unpaired) electrons. The monoisotopic (exact) mass is 305 g/mol. The zero-order valence-corrected chi connectivity index (χ0v) is 13.0. The van der Waals surface area contributed by atoms with Crippen molar-refractivity contribution in [1.82, 2.24) is 15.6 Å². The van der Waals surface area contributed by atoms with E-state index < -0.39 is 0 Å². The van der Waals surface area contributed by atoms with Gasteiger partial charge in [-0.3, -0.25) is 4.79 Å². The van der Waals surface area contributed by atoms with Crippen LogP contribution in [0.1, 0.15) is 21.1 Å². The summed E-state index contributed by atoms with van der Waals surface area (Å²) in [6.45, 7) is 3.71. The van der Waals surface area contributed by atoms with E-state index in [9.17, 15) is 4.79 Å². The molecule has 0 fully saturated rings. The lowest BCUT2D eigenvalue weighted by Crippen LogP contribution is -2.30. The van der Waals surface area contributed by atoms with Crippen molar-refractivity contribution in [3.63, 3.8) is 0 Å². The Kier molecular flexibility index (Phi) is 5.71. The minimum atomic E-state index is -0.0970. The molecule has 0 aliphatic rings. The summed E-state index contributed by atoms with van der Waals surface area (Å²) in [5.41, 5.74) is 1.50. The number of hydrogen-bond donors (Lipinski definition) is 2. The largest absolute Gasteiger partial charge is 0.487 e. The molecule has 2 aromatic rings. The highest BCUT2D eigenvalue weighted by Crippen LogP contribution is 2.16. The first-order valence-corrected chi connectivity index (χ1v) is 7.63. The summed E-state index contributed by atoms with van der Waals surface area (Å²) in [6.07, 6.45) is 0. The van der Waals surface area contributed by atoms with Crippen molar-refractivity contribution < 1.29 is 9.53 Å². The Morgan fingerprint density at radius 1 is 1.38 bits per heavy atom. The van der Waals surface area contributed by atoms with Crippen LogP contribution in [-0.2, 0) is 6.61 Å². The molecule has 112 valence electrons. The van der Waals surface area contributed by atoms with Gasteiger partial charge in [0.2, 0.25) is 0 Å². The van der Waals surface area contributed by atoms with Gasteiger partial charge in [-0.25, -0.2) is 4.98 Å². The first-order chi connectivity index (χ1) is 10.2. The van der Waals surface area contributed by atoms with E-state index in [2.05, 4.69) is 15.6 Å². The topological polar surface area (TPSA) is 63.2 Å². The number of nitrogens with one attached hydrogen (secondary N) is 2. The Labute approximate surface area is 128 Å². The van der Waals surface area contributed by atoms with E-state index in [-0.39, 0.29) is 5.91 Å². The van der Waals surface area contributed by atoms with Crippen molar-refractivity contribution in [1.29, 1.82) is 0 Å². The number of amides is 1. The zero-order valence-electron chi connectivity index (χ0n) is 12.2. The van der Waals surface area contributed by atoms with E-state index in [1.165, 1.54) is 0 Å². The second kappa shape index (κ2) is 7.75. The van der Waals surface area contributed by atoms with Gasteiger partial charge in [0.25, 0.3) is 5.91 Å². The van der Waals surface area contributed by atoms with E-state index in [1.54, 1.807) is 23.5 Å². The Hall–Kier alpha value is -1.92. The van der Waals surface area contributed by atoms with Crippen molar-refractivity contribution in [2.45, 2.75) is 13.5 Å². The Bertz CT molecular complexity index is 598. The molecular formula is C15H19N3O2S. The van der Waals surface area contributed by atoms with E-state index in [0.717, 1.165) is 17.2 Å². The molecule has 0 atom stereocenters. The maximum Gasteiger partial charge on any atom is 0.251 e. The highest BCUT2D eigenvalue weighted by molar-refractivity contribution is 7.09. The van der Waals surface area contributed by atoms with Gasteiger partial charge in [-0.15, -0.1) is 11.3 Å². The molecule has 1 heterocycles. The van der Waals surface area contributed by atoms with Crippen LogP contribution >= 0.6 is 11.3 Å². The van der Waals surface area contributed by atoms with E-state index >= 15 is 0 Å². The van der Waals surface area contributed by atoms with Gasteiger partial charge in [-0.2, -0.15) is 0 Å². The SMILES string of the molecule is CNCCNC(=O)c1cccc(OCc2csc(C)n2)c1. The molecule has 21 heavy (non-hydrogen) atoms. The fraction of sp³-hybridized carbons (Fsp3) is 0.333. The van der Waals surface area contributed by atoms with Crippen LogP contribution in [0.3, 0.4) is 0 Å². The third kappa shape index (κ3) is 4.84. The Balaban J connectivity index is 1.92. The second-order valence-electron chi connectivity index (χ2n) is 4.53. The maximum atomic E-state index is 11.9. The van der Waals surface area contributed by atoms with Crippen molar-refractivity contribution in [3.8, 4) is 5.75 Å². The lowest BCUT2D eigenvalue weighted by Gasteiger charge is -2.08. The second-order valence-corrected chi connectivity index (χ2v) is 5.60. The van der Waals surface area contributed by atoms with Crippen LogP contribution in [0.25, 0.3) is 0 Å². The number of likely N-dealkylation sites (N-methyl/N-ethyl adjacent to an activating group) is 1. The lowest BCUT2D eigenvalue weighted by atomic mass is 10.2. The van der Waals surface area contributed by atoms with Crippen LogP contribution in [-0.4, -0.2) is 31.0 Å². The van der Waals surface area contributed by atoms with Crippen molar-refractivity contribution in [2.75, 3.05) is 20.1 Å². The summed E-state index contributed by atoms with van der Waals surface area (Å²) in [6, 6.07) is 7.17. The number of thiazole rings is 1. The molecule has 1 aromatic carbocycles. The number of nitrogens with zero attached hydrogens (tertiary/aromatic N) is 1. The first-order valence-electron chi connectivity index (χ1n) is 6.75. The molecule has 1 aromatic heterocycles. The van der Waals surface area contributed by atoms with Crippen LogP contribution in [0.15, 0.2) is 29.6 Å². The molecule has 6 heteroatoms. The van der Waals surface area contributed by atoms with Gasteiger partial charge >= 0.3 is 0 Å². The van der Waals surface area contributed by atoms with Gasteiger partial charge < -0.3 is 15.4 Å². The van der Waals surface area contributed by atoms with Gasteiger partial charge in [0.15, 0.2) is 0 Å². The molecule has 2 rings (SSSR count). The fourth-order valence-corrected chi connectivity index (χ4v) is 2.36. The fourth-order valence-electron chi connectivity index (χ4n) is 1.76. The molecule has 0 bridgehead atoms. The lowest BCUT2D eigenvalue weighted by molar-refractivity contribution is 0.0953. The third-order valence-corrected chi connectivity index (χ3v) is 3.63. The summed E-state index contributed by atoms with van der Waals surface area (Å²) < 4.78 is 5.67. The summed E-state index contributed by atoms with van der Waals surface area (Å²) in [5, 5.41) is 8.81. The quantitative estimate of drug-likeness (QED) is 0.768.